The molecule has 3 heterocycles. The molecule has 7 nitrogen and oxygen atoms in total. The molecule has 6 rings (SSSR count). The van der Waals surface area contributed by atoms with Crippen LogP contribution < -0.4 is 0 Å². The van der Waals surface area contributed by atoms with Crippen LogP contribution in [-0.4, -0.2) is 53.3 Å². The first kappa shape index (κ1) is 27.1. The first-order valence-corrected chi connectivity index (χ1v) is 14.1. The van der Waals surface area contributed by atoms with E-state index < -0.39 is 30.4 Å². The zero-order valence-corrected chi connectivity index (χ0v) is 23.1. The zero-order valence-electron chi connectivity index (χ0n) is 23.1. The van der Waals surface area contributed by atoms with Crippen LogP contribution in [0.1, 0.15) is 43.4 Å². The van der Waals surface area contributed by atoms with Crippen LogP contribution in [-0.2, 0) is 48.2 Å². The van der Waals surface area contributed by atoms with Crippen LogP contribution in [0.15, 0.2) is 91.0 Å². The third-order valence-electron chi connectivity index (χ3n) is 7.86. The summed E-state index contributed by atoms with van der Waals surface area (Å²) < 4.78 is 32.2. The minimum Gasteiger partial charge on any atom is -0.371 e. The van der Waals surface area contributed by atoms with Crippen molar-refractivity contribution in [3.05, 3.63) is 108 Å². The van der Waals surface area contributed by atoms with Crippen LogP contribution in [0.2, 0.25) is 0 Å². The Morgan fingerprint density at radius 3 is 1.98 bits per heavy atom. The van der Waals surface area contributed by atoms with Crippen molar-refractivity contribution in [2.45, 2.75) is 89.0 Å². The molecule has 0 spiro atoms. The number of piperidine rings is 1. The zero-order chi connectivity index (χ0) is 27.5. The Morgan fingerprint density at radius 2 is 1.35 bits per heavy atom. The molecule has 3 aliphatic rings. The molecule has 0 bridgehead atoms. The highest BCUT2D eigenvalue weighted by Crippen LogP contribution is 2.43. The summed E-state index contributed by atoms with van der Waals surface area (Å²) in [6.07, 6.45) is -1.19. The predicted molar refractivity (Wildman–Crippen MR) is 149 cm³/mol. The Bertz CT molecular complexity index is 1250. The van der Waals surface area contributed by atoms with Crippen molar-refractivity contribution in [2.24, 2.45) is 0 Å². The first-order chi connectivity index (χ1) is 19.5. The standard InChI is InChI=1S/C33H37NO6/c1-33(2)39-31-30(37-22-25-16-10-5-11-17-25)29(38-32(31)40-33)28-26(36-21-24-14-8-4-9-15-24)18-19-27(35)34(28)20-23-12-6-3-7-13-23/h3-17,26,28-32H,18-22H2,1-2H3/t26-,28-,29+,30-,31+,32+/m0/s1. The van der Waals surface area contributed by atoms with Crippen molar-refractivity contribution >= 4 is 5.91 Å². The van der Waals surface area contributed by atoms with Gasteiger partial charge in [-0.2, -0.15) is 0 Å². The van der Waals surface area contributed by atoms with Crippen molar-refractivity contribution in [1.29, 1.82) is 0 Å². The number of ether oxygens (including phenoxy) is 5. The summed E-state index contributed by atoms with van der Waals surface area (Å²) in [5.41, 5.74) is 3.20. The second-order valence-electron chi connectivity index (χ2n) is 11.2. The molecule has 0 saturated carbocycles. The fraction of sp³-hybridized carbons (Fsp3) is 0.424. The first-order valence-electron chi connectivity index (χ1n) is 14.1. The van der Waals surface area contributed by atoms with E-state index in [-0.39, 0.29) is 18.1 Å². The van der Waals surface area contributed by atoms with Gasteiger partial charge in [-0.05, 0) is 37.0 Å². The number of rotatable bonds is 9. The van der Waals surface area contributed by atoms with Gasteiger partial charge >= 0.3 is 0 Å². The molecule has 3 saturated heterocycles. The second kappa shape index (κ2) is 11.8. The molecule has 7 heteroatoms. The average Bonchev–Trinajstić information content (AvgIpc) is 3.45. The normalized spacial score (nSPS) is 29.4. The van der Waals surface area contributed by atoms with E-state index in [9.17, 15) is 4.79 Å². The molecule has 1 amide bonds. The lowest BCUT2D eigenvalue weighted by molar-refractivity contribution is -0.235. The molecular formula is C33H37NO6. The van der Waals surface area contributed by atoms with Gasteiger partial charge in [0.1, 0.15) is 18.3 Å². The van der Waals surface area contributed by atoms with Crippen molar-refractivity contribution < 1.29 is 28.5 Å². The fourth-order valence-corrected chi connectivity index (χ4v) is 6.00. The predicted octanol–water partition coefficient (Wildman–Crippen LogP) is 5.22. The van der Waals surface area contributed by atoms with E-state index in [0.717, 1.165) is 16.7 Å². The molecule has 0 aromatic heterocycles. The number of amides is 1. The molecule has 0 unspecified atom stereocenters. The maximum atomic E-state index is 13.5. The van der Waals surface area contributed by atoms with Gasteiger partial charge in [-0.15, -0.1) is 0 Å². The summed E-state index contributed by atoms with van der Waals surface area (Å²) in [7, 11) is 0. The highest BCUT2D eigenvalue weighted by molar-refractivity contribution is 5.77. The monoisotopic (exact) mass is 543 g/mol. The van der Waals surface area contributed by atoms with E-state index in [4.69, 9.17) is 23.7 Å². The lowest BCUT2D eigenvalue weighted by atomic mass is 9.89. The highest BCUT2D eigenvalue weighted by Gasteiger charge is 2.60. The van der Waals surface area contributed by atoms with E-state index >= 15 is 0 Å². The summed E-state index contributed by atoms with van der Waals surface area (Å²) in [5, 5.41) is 0. The van der Waals surface area contributed by atoms with Gasteiger partial charge in [0.25, 0.3) is 0 Å². The highest BCUT2D eigenvalue weighted by atomic mass is 16.8. The van der Waals surface area contributed by atoms with E-state index in [1.54, 1.807) is 0 Å². The molecule has 3 aromatic rings. The quantitative estimate of drug-likeness (QED) is 0.369. The number of likely N-dealkylation sites (tertiary alicyclic amines) is 1. The molecule has 3 aliphatic heterocycles. The topological polar surface area (TPSA) is 66.5 Å². The van der Waals surface area contributed by atoms with Crippen LogP contribution in [0.3, 0.4) is 0 Å². The van der Waals surface area contributed by atoms with Gasteiger partial charge in [-0.25, -0.2) is 0 Å². The van der Waals surface area contributed by atoms with Crippen LogP contribution in [0.5, 0.6) is 0 Å². The van der Waals surface area contributed by atoms with E-state index in [0.29, 0.717) is 32.6 Å². The molecule has 0 aliphatic carbocycles. The Labute approximate surface area is 235 Å². The summed E-state index contributed by atoms with van der Waals surface area (Å²) in [5.74, 6) is -0.706. The fourth-order valence-electron chi connectivity index (χ4n) is 6.00. The Morgan fingerprint density at radius 1 is 0.775 bits per heavy atom. The van der Waals surface area contributed by atoms with Crippen LogP contribution >= 0.6 is 0 Å². The Kier molecular flexibility index (Phi) is 8.01. The van der Waals surface area contributed by atoms with Gasteiger partial charge in [-0.1, -0.05) is 91.0 Å². The van der Waals surface area contributed by atoms with Crippen molar-refractivity contribution in [3.8, 4) is 0 Å². The van der Waals surface area contributed by atoms with Gasteiger partial charge in [0.05, 0.1) is 25.4 Å². The van der Waals surface area contributed by atoms with Crippen LogP contribution in [0.25, 0.3) is 0 Å². The Balaban J connectivity index is 1.31. The summed E-state index contributed by atoms with van der Waals surface area (Å²) in [4.78, 5) is 15.5. The number of benzene rings is 3. The average molecular weight is 544 g/mol. The third-order valence-corrected chi connectivity index (χ3v) is 7.86. The van der Waals surface area contributed by atoms with E-state index in [1.807, 2.05) is 97.6 Å². The summed E-state index contributed by atoms with van der Waals surface area (Å²) in [6.45, 7) is 5.08. The Hall–Kier alpha value is -3.07. The molecule has 0 radical (unpaired) electrons. The second-order valence-corrected chi connectivity index (χ2v) is 11.2. The van der Waals surface area contributed by atoms with Gasteiger partial charge in [-0.3, -0.25) is 4.79 Å². The number of fused-ring (bicyclic) bond motifs is 1. The van der Waals surface area contributed by atoms with Crippen LogP contribution in [0, 0.1) is 0 Å². The molecule has 210 valence electrons. The number of hydrogen-bond donors (Lipinski definition) is 0. The largest absolute Gasteiger partial charge is 0.371 e. The maximum Gasteiger partial charge on any atom is 0.223 e. The molecule has 3 aromatic carbocycles. The maximum absolute atomic E-state index is 13.5. The summed E-state index contributed by atoms with van der Waals surface area (Å²) >= 11 is 0. The van der Waals surface area contributed by atoms with Crippen molar-refractivity contribution in [1.82, 2.24) is 4.90 Å². The molecule has 6 atom stereocenters. The third kappa shape index (κ3) is 5.99. The van der Waals surface area contributed by atoms with E-state index in [1.165, 1.54) is 0 Å². The SMILES string of the molecule is CC1(C)O[C@H]2O[C@H]([C@@H]3[C@@H](OCc4ccccc4)CCC(=O)N3Cc3ccccc3)[C@H](OCc3ccccc3)[C@H]2O1. The number of carbonyl (C=O) groups is 1. The van der Waals surface area contributed by atoms with Gasteiger partial charge in [0.2, 0.25) is 5.91 Å². The molecular weight excluding hydrogens is 506 g/mol. The van der Waals surface area contributed by atoms with Crippen LogP contribution in [0.4, 0.5) is 0 Å². The van der Waals surface area contributed by atoms with Crippen molar-refractivity contribution in [2.75, 3.05) is 0 Å². The molecule has 40 heavy (non-hydrogen) atoms. The summed E-state index contributed by atoms with van der Waals surface area (Å²) in [6, 6.07) is 29.8. The molecule has 0 N–H and O–H groups in total. The minimum atomic E-state index is -0.788. The number of nitrogens with zero attached hydrogens (tertiary/aromatic N) is 1. The lowest BCUT2D eigenvalue weighted by Gasteiger charge is -2.45. The molecule has 3 fully saturated rings. The van der Waals surface area contributed by atoms with Gasteiger partial charge in [0, 0.05) is 13.0 Å². The van der Waals surface area contributed by atoms with Gasteiger partial charge < -0.3 is 28.6 Å². The number of hydrogen-bond acceptors (Lipinski definition) is 6. The van der Waals surface area contributed by atoms with E-state index in [2.05, 4.69) is 12.1 Å². The van der Waals surface area contributed by atoms with Gasteiger partial charge in [0.15, 0.2) is 12.1 Å². The lowest BCUT2D eigenvalue weighted by Crippen LogP contribution is -2.60. The smallest absolute Gasteiger partial charge is 0.223 e. The minimum absolute atomic E-state index is 0.0815. The number of carbonyl (C=O) groups excluding carboxylic acids is 1. The van der Waals surface area contributed by atoms with Crippen molar-refractivity contribution in [3.63, 3.8) is 0 Å².